The van der Waals surface area contributed by atoms with Crippen LogP contribution in [0.1, 0.15) is 24.4 Å². The van der Waals surface area contributed by atoms with Gasteiger partial charge in [-0.1, -0.05) is 12.1 Å². The molecular formula is C26H31N7O7S. The quantitative estimate of drug-likeness (QED) is 0.259. The van der Waals surface area contributed by atoms with E-state index in [-0.39, 0.29) is 23.3 Å². The SMILES string of the molecule is COc1cccc(-c2nnc(NS(=O)(=O)[C@H](C)[C@H](OC)c3ncc(C)nc3OC)n2-c2c(OC)cccc2OC)n1. The average Bonchev–Trinajstić information content (AvgIpc) is 3.39. The first kappa shape index (κ1) is 29.5. The van der Waals surface area contributed by atoms with E-state index in [0.29, 0.717) is 34.5 Å². The van der Waals surface area contributed by atoms with Crippen LogP contribution in [0.5, 0.6) is 23.3 Å². The molecule has 15 heteroatoms. The number of hydrogen-bond acceptors (Lipinski definition) is 12. The lowest BCUT2D eigenvalue weighted by molar-refractivity contribution is 0.0955. The Labute approximate surface area is 237 Å². The molecule has 218 valence electrons. The molecule has 0 radical (unpaired) electrons. The Hall–Kier alpha value is -4.50. The predicted molar refractivity (Wildman–Crippen MR) is 149 cm³/mol. The van der Waals surface area contributed by atoms with Gasteiger partial charge in [0.05, 0.1) is 34.1 Å². The Morgan fingerprint density at radius 2 is 1.56 bits per heavy atom. The van der Waals surface area contributed by atoms with E-state index in [0.717, 1.165) is 0 Å². The summed E-state index contributed by atoms with van der Waals surface area (Å²) in [6, 6.07) is 10.2. The van der Waals surface area contributed by atoms with Crippen molar-refractivity contribution in [2.75, 3.05) is 40.3 Å². The van der Waals surface area contributed by atoms with Gasteiger partial charge < -0.3 is 23.7 Å². The Morgan fingerprint density at radius 3 is 2.17 bits per heavy atom. The zero-order valence-electron chi connectivity index (χ0n) is 23.6. The zero-order valence-corrected chi connectivity index (χ0v) is 24.5. The lowest BCUT2D eigenvalue weighted by Crippen LogP contribution is -2.33. The number of benzene rings is 1. The van der Waals surface area contributed by atoms with Crippen molar-refractivity contribution >= 4 is 16.0 Å². The first-order valence-electron chi connectivity index (χ1n) is 12.3. The fourth-order valence-electron chi connectivity index (χ4n) is 4.15. The van der Waals surface area contributed by atoms with Crippen molar-refractivity contribution in [2.45, 2.75) is 25.2 Å². The van der Waals surface area contributed by atoms with Crippen LogP contribution >= 0.6 is 0 Å². The molecule has 0 bridgehead atoms. The number of aryl methyl sites for hydroxylation is 1. The fraction of sp³-hybridized carbons (Fsp3) is 0.346. The summed E-state index contributed by atoms with van der Waals surface area (Å²) in [7, 11) is 3.05. The Balaban J connectivity index is 1.86. The first-order chi connectivity index (χ1) is 19.7. The molecule has 0 aliphatic carbocycles. The lowest BCUT2D eigenvalue weighted by atomic mass is 10.2. The number of rotatable bonds is 12. The standard InChI is InChI=1S/C26H31N7O7S/c1-15-14-27-21(25(28-15)40-7)23(39-6)16(2)41(34,35)32-26-31-30-24(17-10-8-13-20(29-17)38-5)33(26)22-18(36-3)11-9-12-19(22)37-4/h8-14,16,23H,1-7H3,(H,31,32)/t16-,23+/m1/s1. The van der Waals surface area contributed by atoms with Crippen molar-refractivity contribution in [1.82, 2.24) is 29.7 Å². The summed E-state index contributed by atoms with van der Waals surface area (Å²) < 4.78 is 59.1. The molecule has 2 atom stereocenters. The van der Waals surface area contributed by atoms with E-state index in [2.05, 4.69) is 29.9 Å². The molecule has 1 N–H and O–H groups in total. The van der Waals surface area contributed by atoms with Crippen molar-refractivity contribution in [1.29, 1.82) is 0 Å². The van der Waals surface area contributed by atoms with E-state index < -0.39 is 21.4 Å². The van der Waals surface area contributed by atoms with Gasteiger partial charge in [0.1, 0.15) is 39.9 Å². The van der Waals surface area contributed by atoms with Crippen LogP contribution in [0.25, 0.3) is 17.2 Å². The highest BCUT2D eigenvalue weighted by Gasteiger charge is 2.36. The van der Waals surface area contributed by atoms with Gasteiger partial charge in [-0.25, -0.2) is 18.4 Å². The minimum absolute atomic E-state index is 0.143. The second-order valence-electron chi connectivity index (χ2n) is 8.67. The number of nitrogens with zero attached hydrogens (tertiary/aromatic N) is 6. The molecule has 0 saturated carbocycles. The highest BCUT2D eigenvalue weighted by atomic mass is 32.2. The van der Waals surface area contributed by atoms with Crippen LogP contribution in [0.3, 0.4) is 0 Å². The van der Waals surface area contributed by atoms with E-state index in [9.17, 15) is 8.42 Å². The Kier molecular flexibility index (Phi) is 8.88. The molecule has 0 saturated heterocycles. The number of ether oxygens (including phenoxy) is 5. The monoisotopic (exact) mass is 585 g/mol. The van der Waals surface area contributed by atoms with Crippen molar-refractivity contribution < 1.29 is 32.1 Å². The molecule has 0 spiro atoms. The van der Waals surface area contributed by atoms with E-state index in [4.69, 9.17) is 23.7 Å². The third-order valence-corrected chi connectivity index (χ3v) is 7.90. The third kappa shape index (κ3) is 5.85. The Bertz CT molecular complexity index is 1610. The molecule has 3 heterocycles. The molecule has 4 rings (SSSR count). The molecule has 0 unspecified atom stereocenters. The Morgan fingerprint density at radius 1 is 0.878 bits per heavy atom. The molecule has 3 aromatic heterocycles. The summed E-state index contributed by atoms with van der Waals surface area (Å²) in [6.45, 7) is 3.23. The summed E-state index contributed by atoms with van der Waals surface area (Å²) in [5, 5.41) is 7.28. The van der Waals surface area contributed by atoms with Gasteiger partial charge in [-0.2, -0.15) is 0 Å². The summed E-state index contributed by atoms with van der Waals surface area (Å²) in [4.78, 5) is 13.1. The van der Waals surface area contributed by atoms with Crippen LogP contribution in [0.4, 0.5) is 5.95 Å². The topological polar surface area (TPSA) is 162 Å². The molecule has 41 heavy (non-hydrogen) atoms. The van der Waals surface area contributed by atoms with E-state index in [1.54, 1.807) is 43.3 Å². The van der Waals surface area contributed by atoms with Gasteiger partial charge in [-0.15, -0.1) is 10.2 Å². The fourth-order valence-corrected chi connectivity index (χ4v) is 5.29. The molecule has 0 aliphatic rings. The second kappa shape index (κ2) is 12.3. The molecule has 4 aromatic rings. The van der Waals surface area contributed by atoms with Crippen molar-refractivity contribution in [3.05, 3.63) is 54.0 Å². The van der Waals surface area contributed by atoms with Gasteiger partial charge in [0.15, 0.2) is 5.82 Å². The van der Waals surface area contributed by atoms with E-state index in [1.807, 2.05) is 0 Å². The van der Waals surface area contributed by atoms with Crippen molar-refractivity contribution in [2.24, 2.45) is 0 Å². The molecule has 0 fully saturated rings. The average molecular weight is 586 g/mol. The lowest BCUT2D eigenvalue weighted by Gasteiger charge is -2.24. The van der Waals surface area contributed by atoms with Gasteiger partial charge in [0, 0.05) is 19.4 Å². The van der Waals surface area contributed by atoms with Crippen LogP contribution in [0.2, 0.25) is 0 Å². The molecule has 1 aromatic carbocycles. The minimum atomic E-state index is -4.21. The van der Waals surface area contributed by atoms with Gasteiger partial charge in [-0.05, 0) is 32.0 Å². The first-order valence-corrected chi connectivity index (χ1v) is 13.8. The summed E-state index contributed by atoms with van der Waals surface area (Å²) >= 11 is 0. The maximum Gasteiger partial charge on any atom is 0.243 e. The second-order valence-corrected chi connectivity index (χ2v) is 10.7. The van der Waals surface area contributed by atoms with Crippen LogP contribution in [-0.4, -0.2) is 78.9 Å². The summed E-state index contributed by atoms with van der Waals surface area (Å²) in [6.07, 6.45) is 0.474. The van der Waals surface area contributed by atoms with Crippen LogP contribution < -0.4 is 23.7 Å². The highest BCUT2D eigenvalue weighted by Crippen LogP contribution is 2.38. The van der Waals surface area contributed by atoms with Crippen molar-refractivity contribution in [3.8, 4) is 40.5 Å². The number of anilines is 1. The van der Waals surface area contributed by atoms with Gasteiger partial charge in [0.25, 0.3) is 0 Å². The predicted octanol–water partition coefficient (Wildman–Crippen LogP) is 2.98. The van der Waals surface area contributed by atoms with E-state index >= 15 is 0 Å². The number of nitrogens with one attached hydrogen (secondary N) is 1. The number of sulfonamides is 1. The highest BCUT2D eigenvalue weighted by molar-refractivity contribution is 7.93. The largest absolute Gasteiger partial charge is 0.494 e. The van der Waals surface area contributed by atoms with Crippen LogP contribution in [0, 0.1) is 6.92 Å². The van der Waals surface area contributed by atoms with Gasteiger partial charge >= 0.3 is 0 Å². The number of aromatic nitrogens is 6. The van der Waals surface area contributed by atoms with Crippen molar-refractivity contribution in [3.63, 3.8) is 0 Å². The number of methoxy groups -OCH3 is 5. The molecule has 0 amide bonds. The molecule has 0 aliphatic heterocycles. The van der Waals surface area contributed by atoms with Crippen LogP contribution in [-0.2, 0) is 14.8 Å². The van der Waals surface area contributed by atoms with Crippen LogP contribution in [0.15, 0.2) is 42.6 Å². The van der Waals surface area contributed by atoms with Gasteiger partial charge in [0.2, 0.25) is 27.7 Å². The summed E-state index contributed by atoms with van der Waals surface area (Å²) in [5.74, 6) is 1.29. The van der Waals surface area contributed by atoms with E-state index in [1.165, 1.54) is 53.2 Å². The normalized spacial score (nSPS) is 12.9. The summed E-state index contributed by atoms with van der Waals surface area (Å²) in [5.41, 5.74) is 1.54. The smallest absolute Gasteiger partial charge is 0.243 e. The zero-order chi connectivity index (χ0) is 29.7. The third-order valence-electron chi connectivity index (χ3n) is 6.20. The number of para-hydroxylation sites is 1. The molecule has 14 nitrogen and oxygen atoms in total. The number of pyridine rings is 1. The molecular weight excluding hydrogens is 554 g/mol. The number of hydrogen-bond donors (Lipinski definition) is 1. The minimum Gasteiger partial charge on any atom is -0.494 e. The maximum atomic E-state index is 13.8. The maximum absolute atomic E-state index is 13.8. The van der Waals surface area contributed by atoms with Gasteiger partial charge in [-0.3, -0.25) is 14.3 Å².